The number of aromatic nitrogens is 4. The van der Waals surface area contributed by atoms with E-state index in [1.807, 2.05) is 61.2 Å². The maximum absolute atomic E-state index is 13.7. The van der Waals surface area contributed by atoms with Crippen LogP contribution in [0.5, 0.6) is 0 Å². The van der Waals surface area contributed by atoms with Gasteiger partial charge in [-0.2, -0.15) is 15.0 Å². The second-order valence-electron chi connectivity index (χ2n) is 8.02. The van der Waals surface area contributed by atoms with E-state index in [2.05, 4.69) is 15.4 Å². The standard InChI is InChI=1S/C24H22ClN5O2/c1-15-8-9-21(30-26-10-11-27-30)18(13-15)24(31)29-12-4-7-22(29)23-14-20(28-32-23)17-5-3-6-19(25)16(17)2/h3,5-6,8-11,13-14,22H,4,7,12H2,1-2H3. The van der Waals surface area contributed by atoms with Crippen molar-refractivity contribution >= 4 is 17.5 Å². The van der Waals surface area contributed by atoms with Crippen LogP contribution in [0.25, 0.3) is 16.9 Å². The van der Waals surface area contributed by atoms with Gasteiger partial charge >= 0.3 is 0 Å². The average Bonchev–Trinajstić information content (AvgIpc) is 3.56. The van der Waals surface area contributed by atoms with Crippen LogP contribution in [0.1, 0.15) is 46.1 Å². The molecule has 2 aromatic carbocycles. The van der Waals surface area contributed by atoms with Gasteiger partial charge in [-0.25, -0.2) is 0 Å². The fraction of sp³-hybridized carbons (Fsp3) is 0.250. The number of rotatable bonds is 4. The zero-order chi connectivity index (χ0) is 22.2. The summed E-state index contributed by atoms with van der Waals surface area (Å²) in [5.74, 6) is 0.608. The van der Waals surface area contributed by atoms with E-state index >= 15 is 0 Å². The van der Waals surface area contributed by atoms with Gasteiger partial charge in [0.2, 0.25) is 0 Å². The van der Waals surface area contributed by atoms with E-state index in [0.29, 0.717) is 28.6 Å². The highest BCUT2D eigenvalue weighted by atomic mass is 35.5. The maximum Gasteiger partial charge on any atom is 0.256 e. The summed E-state index contributed by atoms with van der Waals surface area (Å²) in [6.07, 6.45) is 4.90. The summed E-state index contributed by atoms with van der Waals surface area (Å²) in [6, 6.07) is 13.2. The molecule has 32 heavy (non-hydrogen) atoms. The van der Waals surface area contributed by atoms with Gasteiger partial charge in [0, 0.05) is 23.2 Å². The van der Waals surface area contributed by atoms with Crippen LogP contribution < -0.4 is 0 Å². The number of aryl methyl sites for hydroxylation is 1. The molecule has 8 heteroatoms. The van der Waals surface area contributed by atoms with Crippen molar-refractivity contribution in [3.05, 3.63) is 82.3 Å². The van der Waals surface area contributed by atoms with Gasteiger partial charge in [0.05, 0.1) is 29.7 Å². The molecule has 2 aromatic heterocycles. The van der Waals surface area contributed by atoms with Crippen LogP contribution in [0.2, 0.25) is 5.02 Å². The van der Waals surface area contributed by atoms with Crippen LogP contribution in [0.15, 0.2) is 59.4 Å². The molecule has 162 valence electrons. The van der Waals surface area contributed by atoms with Crippen LogP contribution >= 0.6 is 11.6 Å². The minimum Gasteiger partial charge on any atom is -0.359 e. The molecule has 0 bridgehead atoms. The lowest BCUT2D eigenvalue weighted by Crippen LogP contribution is -2.31. The third-order valence-corrected chi connectivity index (χ3v) is 6.34. The first kappa shape index (κ1) is 20.5. The highest BCUT2D eigenvalue weighted by Gasteiger charge is 2.34. The van der Waals surface area contributed by atoms with Crippen molar-refractivity contribution in [3.8, 4) is 16.9 Å². The third-order valence-electron chi connectivity index (χ3n) is 5.93. The molecule has 1 saturated heterocycles. The first-order chi connectivity index (χ1) is 15.5. The average molecular weight is 448 g/mol. The predicted molar refractivity (Wildman–Crippen MR) is 121 cm³/mol. The second-order valence-corrected chi connectivity index (χ2v) is 8.43. The molecule has 1 unspecified atom stereocenters. The fourth-order valence-electron chi connectivity index (χ4n) is 4.25. The molecule has 1 amide bonds. The lowest BCUT2D eigenvalue weighted by Gasteiger charge is -2.24. The van der Waals surface area contributed by atoms with Crippen molar-refractivity contribution in [2.45, 2.75) is 32.7 Å². The van der Waals surface area contributed by atoms with E-state index in [0.717, 1.165) is 35.2 Å². The number of benzene rings is 2. The summed E-state index contributed by atoms with van der Waals surface area (Å²) < 4.78 is 5.72. The Morgan fingerprint density at radius 1 is 1.12 bits per heavy atom. The number of halogens is 1. The SMILES string of the molecule is Cc1ccc(-n2nccn2)c(C(=O)N2CCCC2c2cc(-c3cccc(Cl)c3C)no2)c1. The first-order valence-corrected chi connectivity index (χ1v) is 10.9. The Morgan fingerprint density at radius 2 is 1.94 bits per heavy atom. The van der Waals surface area contributed by atoms with Crippen molar-refractivity contribution in [2.24, 2.45) is 0 Å². The van der Waals surface area contributed by atoms with Crippen LogP contribution in [0.3, 0.4) is 0 Å². The molecular formula is C24H22ClN5O2. The monoisotopic (exact) mass is 447 g/mol. The maximum atomic E-state index is 13.7. The zero-order valence-electron chi connectivity index (χ0n) is 17.8. The topological polar surface area (TPSA) is 77.1 Å². The summed E-state index contributed by atoms with van der Waals surface area (Å²) in [5, 5.41) is 13.4. The molecule has 7 nitrogen and oxygen atoms in total. The molecule has 0 spiro atoms. The number of nitrogens with zero attached hydrogens (tertiary/aromatic N) is 5. The van der Waals surface area contributed by atoms with E-state index in [4.69, 9.17) is 16.1 Å². The van der Waals surface area contributed by atoms with Crippen molar-refractivity contribution in [1.29, 1.82) is 0 Å². The van der Waals surface area contributed by atoms with Crippen molar-refractivity contribution in [2.75, 3.05) is 6.54 Å². The molecule has 0 aliphatic carbocycles. The van der Waals surface area contributed by atoms with Gasteiger partial charge in [0.1, 0.15) is 5.69 Å². The van der Waals surface area contributed by atoms with Crippen LogP contribution in [0.4, 0.5) is 0 Å². The quantitative estimate of drug-likeness (QED) is 0.431. The van der Waals surface area contributed by atoms with E-state index in [9.17, 15) is 4.79 Å². The van der Waals surface area contributed by atoms with Gasteiger partial charge in [0.15, 0.2) is 5.76 Å². The normalized spacial score (nSPS) is 16.0. The summed E-state index contributed by atoms with van der Waals surface area (Å²) in [5.41, 5.74) is 4.82. The number of carbonyl (C=O) groups is 1. The fourth-order valence-corrected chi connectivity index (χ4v) is 4.43. The summed E-state index contributed by atoms with van der Waals surface area (Å²) in [7, 11) is 0. The third kappa shape index (κ3) is 3.58. The zero-order valence-corrected chi connectivity index (χ0v) is 18.6. The Morgan fingerprint density at radius 3 is 2.75 bits per heavy atom. The van der Waals surface area contributed by atoms with Crippen molar-refractivity contribution in [3.63, 3.8) is 0 Å². The van der Waals surface area contributed by atoms with Crippen molar-refractivity contribution in [1.82, 2.24) is 25.1 Å². The molecular weight excluding hydrogens is 426 g/mol. The van der Waals surface area contributed by atoms with Gasteiger partial charge in [-0.15, -0.1) is 0 Å². The summed E-state index contributed by atoms with van der Waals surface area (Å²) in [6.45, 7) is 4.57. The van der Waals surface area contributed by atoms with Crippen LogP contribution in [0, 0.1) is 13.8 Å². The number of likely N-dealkylation sites (tertiary alicyclic amines) is 1. The smallest absolute Gasteiger partial charge is 0.256 e. The number of carbonyl (C=O) groups excluding carboxylic acids is 1. The number of hydrogen-bond acceptors (Lipinski definition) is 5. The van der Waals surface area contributed by atoms with Gasteiger partial charge in [-0.1, -0.05) is 40.5 Å². The molecule has 0 N–H and O–H groups in total. The summed E-state index contributed by atoms with van der Waals surface area (Å²) >= 11 is 6.28. The molecule has 0 radical (unpaired) electrons. The van der Waals surface area contributed by atoms with E-state index in [1.165, 1.54) is 4.80 Å². The number of amides is 1. The first-order valence-electron chi connectivity index (χ1n) is 10.5. The highest BCUT2D eigenvalue weighted by molar-refractivity contribution is 6.31. The number of hydrogen-bond donors (Lipinski definition) is 0. The molecule has 0 saturated carbocycles. The lowest BCUT2D eigenvalue weighted by atomic mass is 10.0. The van der Waals surface area contributed by atoms with E-state index in [-0.39, 0.29) is 11.9 Å². The van der Waals surface area contributed by atoms with Gasteiger partial charge < -0.3 is 9.42 Å². The van der Waals surface area contributed by atoms with E-state index < -0.39 is 0 Å². The van der Waals surface area contributed by atoms with Gasteiger partial charge in [-0.3, -0.25) is 4.79 Å². The summed E-state index contributed by atoms with van der Waals surface area (Å²) in [4.78, 5) is 17.0. The predicted octanol–water partition coefficient (Wildman–Crippen LogP) is 5.17. The Labute approximate surface area is 190 Å². The molecule has 1 atom stereocenters. The Kier molecular flexibility index (Phi) is 5.27. The minimum absolute atomic E-state index is 0.0691. The van der Waals surface area contributed by atoms with Crippen molar-refractivity contribution < 1.29 is 9.32 Å². The van der Waals surface area contributed by atoms with Crippen LogP contribution in [-0.2, 0) is 0 Å². The Hall–Kier alpha value is -3.45. The molecule has 1 fully saturated rings. The lowest BCUT2D eigenvalue weighted by molar-refractivity contribution is 0.0714. The second kappa shape index (κ2) is 8.24. The van der Waals surface area contributed by atoms with Gasteiger partial charge in [0.25, 0.3) is 5.91 Å². The van der Waals surface area contributed by atoms with Crippen LogP contribution in [-0.4, -0.2) is 37.5 Å². The highest BCUT2D eigenvalue weighted by Crippen LogP contribution is 2.36. The largest absolute Gasteiger partial charge is 0.359 e. The Bertz CT molecular complexity index is 1280. The molecule has 3 heterocycles. The van der Waals surface area contributed by atoms with E-state index in [1.54, 1.807) is 12.4 Å². The van der Waals surface area contributed by atoms with Gasteiger partial charge in [-0.05, 0) is 50.5 Å². The molecule has 1 aliphatic rings. The molecule has 4 aromatic rings. The molecule has 1 aliphatic heterocycles. The Balaban J connectivity index is 1.48. The molecule has 5 rings (SSSR count). The minimum atomic E-state index is -0.179.